The number of amides is 1. The lowest BCUT2D eigenvalue weighted by atomic mass is 9.97. The third-order valence-corrected chi connectivity index (χ3v) is 6.25. The van der Waals surface area contributed by atoms with E-state index in [0.29, 0.717) is 25.7 Å². The maximum Gasteiger partial charge on any atom is 0.410 e. The summed E-state index contributed by atoms with van der Waals surface area (Å²) in [6, 6.07) is 14.6. The molecule has 1 atom stereocenters. The quantitative estimate of drug-likeness (QED) is 0.779. The Morgan fingerprint density at radius 2 is 2.00 bits per heavy atom. The Labute approximate surface area is 174 Å². The van der Waals surface area contributed by atoms with Crippen LogP contribution in [0.15, 0.2) is 46.9 Å². The van der Waals surface area contributed by atoms with Gasteiger partial charge in [0.2, 0.25) is 0 Å². The van der Waals surface area contributed by atoms with E-state index >= 15 is 0 Å². The Hall–Kier alpha value is -2.05. The zero-order valence-corrected chi connectivity index (χ0v) is 17.7. The minimum Gasteiger partial charge on any atom is -0.445 e. The molecular weight excluding hydrogens is 418 g/mol. The molecule has 0 aliphatic carbocycles. The number of carbonyl (C=O) groups is 1. The lowest BCUT2D eigenvalue weighted by Crippen LogP contribution is -2.50. The molecule has 2 aromatic carbocycles. The van der Waals surface area contributed by atoms with Gasteiger partial charge in [0.05, 0.1) is 6.54 Å². The fourth-order valence-electron chi connectivity index (χ4n) is 4.03. The van der Waals surface area contributed by atoms with E-state index in [-0.39, 0.29) is 6.09 Å². The molecule has 0 radical (unpaired) electrons. The van der Waals surface area contributed by atoms with Gasteiger partial charge in [-0.2, -0.15) is 0 Å². The van der Waals surface area contributed by atoms with Crippen LogP contribution in [0.2, 0.25) is 0 Å². The fourth-order valence-corrected chi connectivity index (χ4v) is 4.60. The van der Waals surface area contributed by atoms with Gasteiger partial charge in [-0.3, -0.25) is 0 Å². The van der Waals surface area contributed by atoms with Gasteiger partial charge in [-0.15, -0.1) is 0 Å². The van der Waals surface area contributed by atoms with E-state index in [1.165, 1.54) is 16.8 Å². The third-order valence-electron chi connectivity index (χ3n) is 5.50. The average Bonchev–Trinajstić information content (AvgIpc) is 2.73. The van der Waals surface area contributed by atoms with E-state index < -0.39 is 0 Å². The number of nitrogens with one attached hydrogen (secondary N) is 1. The maximum absolute atomic E-state index is 12.7. The highest BCUT2D eigenvalue weighted by atomic mass is 79.9. The molecule has 2 aliphatic rings. The molecule has 1 N–H and O–H groups in total. The number of hydrogen-bond acceptors (Lipinski definition) is 4. The molecule has 1 unspecified atom stereocenters. The number of ether oxygens (including phenoxy) is 1. The molecule has 28 heavy (non-hydrogen) atoms. The molecule has 1 fully saturated rings. The van der Waals surface area contributed by atoms with Gasteiger partial charge in [0.1, 0.15) is 6.61 Å². The number of fused-ring (bicyclic) bond motifs is 1. The predicted molar refractivity (Wildman–Crippen MR) is 115 cm³/mol. The number of anilines is 1. The van der Waals surface area contributed by atoms with Crippen LogP contribution in [0.5, 0.6) is 0 Å². The second kappa shape index (κ2) is 8.53. The SMILES string of the molecule is CC1CN(c2ccc(Br)c3c2CN(C(=O)OCc2ccccc2)CC3)CCN1. The summed E-state index contributed by atoms with van der Waals surface area (Å²) < 4.78 is 6.70. The van der Waals surface area contributed by atoms with Crippen molar-refractivity contribution in [3.8, 4) is 0 Å². The number of rotatable bonds is 3. The highest BCUT2D eigenvalue weighted by molar-refractivity contribution is 9.10. The summed E-state index contributed by atoms with van der Waals surface area (Å²) in [7, 11) is 0. The van der Waals surface area contributed by atoms with Crippen LogP contribution in [0.25, 0.3) is 0 Å². The lowest BCUT2D eigenvalue weighted by molar-refractivity contribution is 0.0918. The smallest absolute Gasteiger partial charge is 0.410 e. The summed E-state index contributed by atoms with van der Waals surface area (Å²) in [5.74, 6) is 0. The van der Waals surface area contributed by atoms with Crippen LogP contribution in [-0.4, -0.2) is 43.2 Å². The number of benzene rings is 2. The van der Waals surface area contributed by atoms with Gasteiger partial charge in [-0.1, -0.05) is 46.3 Å². The van der Waals surface area contributed by atoms with E-state index in [1.54, 1.807) is 0 Å². The molecule has 1 amide bonds. The number of nitrogens with zero attached hydrogens (tertiary/aromatic N) is 2. The van der Waals surface area contributed by atoms with Crippen LogP contribution in [-0.2, 0) is 24.3 Å². The Morgan fingerprint density at radius 3 is 2.79 bits per heavy atom. The monoisotopic (exact) mass is 443 g/mol. The molecular formula is C22H26BrN3O2. The molecule has 4 rings (SSSR count). The fraction of sp³-hybridized carbons (Fsp3) is 0.409. The first kappa shape index (κ1) is 19.3. The van der Waals surface area contributed by atoms with Crippen molar-refractivity contribution in [1.82, 2.24) is 10.2 Å². The molecule has 6 heteroatoms. The number of halogens is 1. The van der Waals surface area contributed by atoms with E-state index in [2.05, 4.69) is 45.2 Å². The Kier molecular flexibility index (Phi) is 5.87. The van der Waals surface area contributed by atoms with Crippen LogP contribution in [0.4, 0.5) is 10.5 Å². The molecule has 2 heterocycles. The standard InChI is InChI=1S/C22H26BrN3O2/c1-16-13-25(12-10-24-16)21-8-7-20(23)18-9-11-26(14-19(18)21)22(27)28-15-17-5-3-2-4-6-17/h2-8,16,24H,9-15H2,1H3. The van der Waals surface area contributed by atoms with Crippen molar-refractivity contribution in [3.05, 3.63) is 63.6 Å². The normalized spacial score (nSPS) is 19.3. The first-order valence-electron chi connectivity index (χ1n) is 9.86. The van der Waals surface area contributed by atoms with Crippen LogP contribution < -0.4 is 10.2 Å². The van der Waals surface area contributed by atoms with E-state index in [4.69, 9.17) is 4.74 Å². The number of carbonyl (C=O) groups excluding carboxylic acids is 1. The van der Waals surface area contributed by atoms with Gasteiger partial charge < -0.3 is 19.9 Å². The first-order valence-corrected chi connectivity index (χ1v) is 10.7. The van der Waals surface area contributed by atoms with Crippen molar-refractivity contribution in [2.75, 3.05) is 31.1 Å². The van der Waals surface area contributed by atoms with E-state index in [1.807, 2.05) is 35.2 Å². The zero-order valence-electron chi connectivity index (χ0n) is 16.2. The van der Waals surface area contributed by atoms with Gasteiger partial charge in [-0.05, 0) is 42.2 Å². The van der Waals surface area contributed by atoms with Crippen molar-refractivity contribution < 1.29 is 9.53 Å². The van der Waals surface area contributed by atoms with E-state index in [0.717, 1.165) is 36.1 Å². The third kappa shape index (κ3) is 4.18. The largest absolute Gasteiger partial charge is 0.445 e. The van der Waals surface area contributed by atoms with Crippen LogP contribution in [0, 0.1) is 0 Å². The van der Waals surface area contributed by atoms with Gasteiger partial charge in [-0.25, -0.2) is 4.79 Å². The summed E-state index contributed by atoms with van der Waals surface area (Å²) in [5, 5.41) is 3.50. The number of hydrogen-bond donors (Lipinski definition) is 1. The summed E-state index contributed by atoms with van der Waals surface area (Å²) in [4.78, 5) is 16.9. The second-order valence-electron chi connectivity index (χ2n) is 7.54. The molecule has 5 nitrogen and oxygen atoms in total. The molecule has 0 bridgehead atoms. The topological polar surface area (TPSA) is 44.8 Å². The Morgan fingerprint density at radius 1 is 1.18 bits per heavy atom. The minimum absolute atomic E-state index is 0.242. The van der Waals surface area contributed by atoms with Gasteiger partial charge in [0.25, 0.3) is 0 Å². The summed E-state index contributed by atoms with van der Waals surface area (Å²) >= 11 is 3.70. The summed E-state index contributed by atoms with van der Waals surface area (Å²) in [6.07, 6.45) is 0.598. The Balaban J connectivity index is 1.50. The van der Waals surface area contributed by atoms with Gasteiger partial charge in [0.15, 0.2) is 0 Å². The molecule has 1 saturated heterocycles. The van der Waals surface area contributed by atoms with Gasteiger partial charge >= 0.3 is 6.09 Å². The number of piperazine rings is 1. The molecule has 0 spiro atoms. The highest BCUT2D eigenvalue weighted by Crippen LogP contribution is 2.35. The molecule has 2 aliphatic heterocycles. The summed E-state index contributed by atoms with van der Waals surface area (Å²) in [5.41, 5.74) is 4.81. The van der Waals surface area contributed by atoms with Crippen molar-refractivity contribution in [2.24, 2.45) is 0 Å². The van der Waals surface area contributed by atoms with Crippen LogP contribution in [0.1, 0.15) is 23.6 Å². The molecule has 148 valence electrons. The van der Waals surface area contributed by atoms with Crippen molar-refractivity contribution in [2.45, 2.75) is 32.5 Å². The molecule has 2 aromatic rings. The summed E-state index contributed by atoms with van der Waals surface area (Å²) in [6.45, 7) is 6.74. The molecule has 0 aromatic heterocycles. The van der Waals surface area contributed by atoms with Gasteiger partial charge in [0, 0.05) is 42.4 Å². The average molecular weight is 444 g/mol. The van der Waals surface area contributed by atoms with E-state index in [9.17, 15) is 4.79 Å². The maximum atomic E-state index is 12.7. The van der Waals surface area contributed by atoms with Crippen molar-refractivity contribution >= 4 is 27.7 Å². The first-order chi connectivity index (χ1) is 13.6. The second-order valence-corrected chi connectivity index (χ2v) is 8.39. The predicted octanol–water partition coefficient (Wildman–Crippen LogP) is 3.94. The minimum atomic E-state index is -0.242. The van der Waals surface area contributed by atoms with Crippen molar-refractivity contribution in [1.29, 1.82) is 0 Å². The Bertz CT molecular complexity index is 843. The zero-order chi connectivity index (χ0) is 19.5. The van der Waals surface area contributed by atoms with Crippen molar-refractivity contribution in [3.63, 3.8) is 0 Å². The van der Waals surface area contributed by atoms with Crippen LogP contribution in [0.3, 0.4) is 0 Å². The molecule has 0 saturated carbocycles. The lowest BCUT2D eigenvalue weighted by Gasteiger charge is -2.38. The highest BCUT2D eigenvalue weighted by Gasteiger charge is 2.28. The van der Waals surface area contributed by atoms with Crippen LogP contribution >= 0.6 is 15.9 Å².